The van der Waals surface area contributed by atoms with Gasteiger partial charge in [-0.15, -0.1) is 5.10 Å². The Kier molecular flexibility index (Phi) is 6.72. The first-order valence-electron chi connectivity index (χ1n) is 12.1. The van der Waals surface area contributed by atoms with Crippen molar-refractivity contribution in [2.75, 3.05) is 6.61 Å². The van der Waals surface area contributed by atoms with Gasteiger partial charge in [0.25, 0.3) is 0 Å². The van der Waals surface area contributed by atoms with E-state index >= 15 is 0 Å². The number of aliphatic carboxylic acids is 1. The number of aryl methyl sites for hydroxylation is 2. The zero-order valence-corrected chi connectivity index (χ0v) is 20.1. The summed E-state index contributed by atoms with van der Waals surface area (Å²) < 4.78 is 13.6. The van der Waals surface area contributed by atoms with E-state index in [9.17, 15) is 4.79 Å². The van der Waals surface area contributed by atoms with E-state index < -0.39 is 5.97 Å². The van der Waals surface area contributed by atoms with Gasteiger partial charge in [0.1, 0.15) is 18.0 Å². The minimum absolute atomic E-state index is 0.110. The van der Waals surface area contributed by atoms with Gasteiger partial charge in [-0.3, -0.25) is 9.78 Å². The molecule has 5 rings (SSSR count). The molecule has 1 saturated heterocycles. The van der Waals surface area contributed by atoms with Gasteiger partial charge in [-0.05, 0) is 50.7 Å². The average Bonchev–Trinajstić information content (AvgIpc) is 3.17. The predicted octanol–water partition coefficient (Wildman–Crippen LogP) is 3.76. The van der Waals surface area contributed by atoms with Crippen LogP contribution < -0.4 is 4.74 Å². The minimum Gasteiger partial charge on any atom is -0.481 e. The highest BCUT2D eigenvalue weighted by atomic mass is 16.5. The first kappa shape index (κ1) is 23.3. The number of pyridine rings is 1. The highest BCUT2D eigenvalue weighted by Crippen LogP contribution is 2.36. The first-order valence-corrected chi connectivity index (χ1v) is 12.1. The van der Waals surface area contributed by atoms with Crippen LogP contribution >= 0.6 is 0 Å². The molecule has 1 saturated carbocycles. The van der Waals surface area contributed by atoms with E-state index in [1.165, 1.54) is 19.3 Å². The number of ether oxygens (including phenoxy) is 2. The molecule has 2 aliphatic rings. The second kappa shape index (κ2) is 10.1. The van der Waals surface area contributed by atoms with Gasteiger partial charge in [0.05, 0.1) is 17.5 Å². The fraction of sp³-hybridized carbons (Fsp3) is 0.520. The fourth-order valence-electron chi connectivity index (χ4n) is 4.78. The maximum Gasteiger partial charge on any atom is 0.316 e. The molecule has 3 aromatic rings. The van der Waals surface area contributed by atoms with Gasteiger partial charge < -0.3 is 14.6 Å². The van der Waals surface area contributed by atoms with Crippen molar-refractivity contribution < 1.29 is 19.4 Å². The summed E-state index contributed by atoms with van der Waals surface area (Å²) in [6.45, 7) is 2.72. The summed E-state index contributed by atoms with van der Waals surface area (Å²) in [6.07, 6.45) is 6.78. The molecule has 0 amide bonds. The Hall–Kier alpha value is -3.40. The molecule has 4 heterocycles. The summed E-state index contributed by atoms with van der Waals surface area (Å²) in [6, 6.07) is 6.22. The summed E-state index contributed by atoms with van der Waals surface area (Å²) in [5.41, 5.74) is 4.96. The molecule has 10 nitrogen and oxygen atoms in total. The van der Waals surface area contributed by atoms with Crippen LogP contribution in [-0.2, 0) is 23.2 Å². The molecule has 1 N–H and O–H groups in total. The molecule has 2 fully saturated rings. The van der Waals surface area contributed by atoms with E-state index in [1.807, 2.05) is 32.2 Å². The Labute approximate surface area is 203 Å². The van der Waals surface area contributed by atoms with E-state index in [4.69, 9.17) is 19.6 Å². The molecule has 0 bridgehead atoms. The van der Waals surface area contributed by atoms with Crippen LogP contribution in [0.5, 0.6) is 6.01 Å². The molecule has 10 heteroatoms. The highest BCUT2D eigenvalue weighted by Gasteiger charge is 2.27. The van der Waals surface area contributed by atoms with Crippen molar-refractivity contribution >= 4 is 5.97 Å². The predicted molar refractivity (Wildman–Crippen MR) is 126 cm³/mol. The molecule has 1 aliphatic carbocycles. The van der Waals surface area contributed by atoms with Crippen molar-refractivity contribution in [3.63, 3.8) is 0 Å². The van der Waals surface area contributed by atoms with Crippen LogP contribution in [0.15, 0.2) is 24.4 Å². The lowest BCUT2D eigenvalue weighted by Gasteiger charge is -2.29. The number of rotatable bonds is 8. The topological polar surface area (TPSA) is 125 Å². The van der Waals surface area contributed by atoms with E-state index in [0.717, 1.165) is 29.1 Å². The van der Waals surface area contributed by atoms with Crippen molar-refractivity contribution in [3.8, 4) is 17.4 Å². The average molecular weight is 479 g/mol. The van der Waals surface area contributed by atoms with Gasteiger partial charge in [0.15, 0.2) is 0 Å². The summed E-state index contributed by atoms with van der Waals surface area (Å²) >= 11 is 0. The lowest BCUT2D eigenvalue weighted by Crippen LogP contribution is -2.22. The molecule has 3 aromatic heterocycles. The molecule has 0 spiro atoms. The number of carbonyl (C=O) groups is 1. The minimum atomic E-state index is -0.765. The molecule has 2 atom stereocenters. The van der Waals surface area contributed by atoms with Crippen LogP contribution in [0, 0.1) is 12.8 Å². The van der Waals surface area contributed by atoms with Gasteiger partial charge in [-0.2, -0.15) is 4.98 Å². The lowest BCUT2D eigenvalue weighted by atomic mass is 9.83. The number of nitrogens with zero attached hydrogens (tertiary/aromatic N) is 6. The van der Waals surface area contributed by atoms with Crippen LogP contribution in [-0.4, -0.2) is 47.6 Å². The van der Waals surface area contributed by atoms with Crippen LogP contribution in [0.2, 0.25) is 0 Å². The Morgan fingerprint density at radius 3 is 2.83 bits per heavy atom. The van der Waals surface area contributed by atoms with Crippen molar-refractivity contribution in [1.82, 2.24) is 29.9 Å². The second-order valence-corrected chi connectivity index (χ2v) is 9.41. The molecule has 0 radical (unpaired) electrons. The second-order valence-electron chi connectivity index (χ2n) is 9.41. The Bertz CT molecular complexity index is 1210. The number of carboxylic acid groups (broad SMARTS) is 1. The Balaban J connectivity index is 1.31. The SMILES string of the molecule is Cc1nc(-c2nnn(C)c2COc2nccc(C3CCC3)n2)ccc1C1CC(CC(=O)O)CCO1. The third-order valence-corrected chi connectivity index (χ3v) is 7.03. The van der Waals surface area contributed by atoms with Crippen molar-refractivity contribution in [2.45, 2.75) is 64.1 Å². The standard InChI is InChI=1S/C25H30N6O4/c1-15-18(22-12-16(9-11-34-22)13-23(32)33)6-7-20(27-15)24-21(31(2)30-29-24)14-35-25-26-10-8-19(28-25)17-4-3-5-17/h6-8,10,16-17,22H,3-5,9,11-14H2,1-2H3,(H,32,33). The van der Waals surface area contributed by atoms with Gasteiger partial charge in [0, 0.05) is 43.4 Å². The van der Waals surface area contributed by atoms with Crippen LogP contribution in [0.3, 0.4) is 0 Å². The molecule has 0 aromatic carbocycles. The lowest BCUT2D eigenvalue weighted by molar-refractivity contribution is -0.139. The summed E-state index contributed by atoms with van der Waals surface area (Å²) in [5, 5.41) is 17.7. The van der Waals surface area contributed by atoms with Crippen LogP contribution in [0.1, 0.15) is 73.2 Å². The molecule has 184 valence electrons. The van der Waals surface area contributed by atoms with E-state index in [1.54, 1.807) is 10.9 Å². The van der Waals surface area contributed by atoms with Crippen LogP contribution in [0.4, 0.5) is 0 Å². The van der Waals surface area contributed by atoms with Crippen LogP contribution in [0.25, 0.3) is 11.4 Å². The van der Waals surface area contributed by atoms with E-state index in [0.29, 0.717) is 36.3 Å². The summed E-state index contributed by atoms with van der Waals surface area (Å²) in [7, 11) is 1.82. The Morgan fingerprint density at radius 1 is 1.23 bits per heavy atom. The monoisotopic (exact) mass is 478 g/mol. The fourth-order valence-corrected chi connectivity index (χ4v) is 4.78. The van der Waals surface area contributed by atoms with Crippen molar-refractivity contribution in [3.05, 3.63) is 47.0 Å². The highest BCUT2D eigenvalue weighted by molar-refractivity contribution is 5.67. The molecule has 35 heavy (non-hydrogen) atoms. The molecule has 2 unspecified atom stereocenters. The number of hydrogen-bond donors (Lipinski definition) is 1. The zero-order chi connectivity index (χ0) is 24.4. The molecule has 1 aliphatic heterocycles. The normalized spacial score (nSPS) is 20.4. The molecular formula is C25H30N6O4. The largest absolute Gasteiger partial charge is 0.481 e. The van der Waals surface area contributed by atoms with Gasteiger partial charge in [-0.1, -0.05) is 17.7 Å². The zero-order valence-electron chi connectivity index (χ0n) is 20.1. The molecular weight excluding hydrogens is 448 g/mol. The third kappa shape index (κ3) is 5.17. The van der Waals surface area contributed by atoms with Crippen molar-refractivity contribution in [2.24, 2.45) is 13.0 Å². The third-order valence-electron chi connectivity index (χ3n) is 7.03. The quantitative estimate of drug-likeness (QED) is 0.515. The van der Waals surface area contributed by atoms with E-state index in [2.05, 4.69) is 20.3 Å². The van der Waals surface area contributed by atoms with Crippen molar-refractivity contribution in [1.29, 1.82) is 0 Å². The smallest absolute Gasteiger partial charge is 0.316 e. The number of hydrogen-bond acceptors (Lipinski definition) is 8. The van der Waals surface area contributed by atoms with Gasteiger partial charge in [0.2, 0.25) is 0 Å². The summed E-state index contributed by atoms with van der Waals surface area (Å²) in [5.74, 6) is -0.148. The maximum absolute atomic E-state index is 11.1. The maximum atomic E-state index is 11.1. The van der Waals surface area contributed by atoms with E-state index in [-0.39, 0.29) is 25.0 Å². The number of carboxylic acids is 1. The number of aromatic nitrogens is 6. The van der Waals surface area contributed by atoms with Gasteiger partial charge in [-0.25, -0.2) is 9.67 Å². The first-order chi connectivity index (χ1) is 17.0. The summed E-state index contributed by atoms with van der Waals surface area (Å²) in [4.78, 5) is 24.8. The Morgan fingerprint density at radius 2 is 2.09 bits per heavy atom. The van der Waals surface area contributed by atoms with Gasteiger partial charge >= 0.3 is 12.0 Å².